The highest BCUT2D eigenvalue weighted by molar-refractivity contribution is 9.08. The number of halogens is 1. The molecule has 1 aliphatic rings. The van der Waals surface area contributed by atoms with E-state index in [2.05, 4.69) is 20.7 Å². The van der Waals surface area contributed by atoms with Crippen molar-refractivity contribution in [2.24, 2.45) is 0 Å². The molecule has 0 amide bonds. The molecule has 1 heterocycles. The minimum Gasteiger partial charge on any atom is -0.378 e. The van der Waals surface area contributed by atoms with Gasteiger partial charge >= 0.3 is 0 Å². The van der Waals surface area contributed by atoms with E-state index in [0.717, 1.165) is 23.7 Å². The monoisotopic (exact) mass is 347 g/mol. The molecule has 0 bridgehead atoms. The first-order valence-electron chi connectivity index (χ1n) is 6.30. The molecule has 6 heteroatoms. The van der Waals surface area contributed by atoms with Crippen LogP contribution in [0, 0.1) is 0 Å². The Kier molecular flexibility index (Phi) is 5.00. The zero-order valence-corrected chi connectivity index (χ0v) is 13.2. The average molecular weight is 348 g/mol. The molecule has 0 saturated carbocycles. The Labute approximate surface area is 122 Å². The second-order valence-electron chi connectivity index (χ2n) is 4.80. The van der Waals surface area contributed by atoms with Gasteiger partial charge in [0.15, 0.2) is 0 Å². The lowest BCUT2D eigenvalue weighted by Gasteiger charge is -2.27. The molecule has 0 radical (unpaired) electrons. The normalized spacial score (nSPS) is 24.3. The van der Waals surface area contributed by atoms with Crippen molar-refractivity contribution in [3.63, 3.8) is 0 Å². The third-order valence-corrected chi connectivity index (χ3v) is 5.38. The highest BCUT2D eigenvalue weighted by Crippen LogP contribution is 2.17. The lowest BCUT2D eigenvalue weighted by Crippen LogP contribution is -2.41. The molecule has 0 aromatic heterocycles. The summed E-state index contributed by atoms with van der Waals surface area (Å²) in [5, 5.41) is 0.720. The molecule has 2 unspecified atom stereocenters. The van der Waals surface area contributed by atoms with Crippen molar-refractivity contribution in [1.29, 1.82) is 0 Å². The van der Waals surface area contributed by atoms with Crippen LogP contribution in [0.25, 0.3) is 0 Å². The molecule has 0 spiro atoms. The fourth-order valence-corrected chi connectivity index (χ4v) is 3.81. The van der Waals surface area contributed by atoms with Crippen LogP contribution in [0.5, 0.6) is 0 Å². The maximum absolute atomic E-state index is 12.2. The Morgan fingerprint density at radius 1 is 1.37 bits per heavy atom. The first-order valence-corrected chi connectivity index (χ1v) is 8.90. The van der Waals surface area contributed by atoms with Gasteiger partial charge in [0.1, 0.15) is 0 Å². The van der Waals surface area contributed by atoms with Crippen molar-refractivity contribution in [3.8, 4) is 0 Å². The van der Waals surface area contributed by atoms with E-state index in [9.17, 15) is 8.42 Å². The van der Waals surface area contributed by atoms with Crippen molar-refractivity contribution < 1.29 is 13.2 Å². The van der Waals surface area contributed by atoms with E-state index in [-0.39, 0.29) is 12.1 Å². The topological polar surface area (TPSA) is 55.4 Å². The molecule has 1 fully saturated rings. The van der Waals surface area contributed by atoms with Crippen LogP contribution >= 0.6 is 15.9 Å². The number of hydrogen-bond acceptors (Lipinski definition) is 3. The van der Waals surface area contributed by atoms with Gasteiger partial charge in [-0.15, -0.1) is 0 Å². The summed E-state index contributed by atoms with van der Waals surface area (Å²) < 4.78 is 32.7. The van der Waals surface area contributed by atoms with Crippen molar-refractivity contribution in [2.75, 3.05) is 6.61 Å². The number of hydrogen-bond donors (Lipinski definition) is 1. The van der Waals surface area contributed by atoms with E-state index in [1.807, 2.05) is 19.1 Å². The molecule has 1 saturated heterocycles. The first-order chi connectivity index (χ1) is 9.01. The van der Waals surface area contributed by atoms with E-state index >= 15 is 0 Å². The predicted molar refractivity (Wildman–Crippen MR) is 77.8 cm³/mol. The van der Waals surface area contributed by atoms with E-state index in [1.54, 1.807) is 12.1 Å². The number of nitrogens with one attached hydrogen (secondary N) is 1. The summed E-state index contributed by atoms with van der Waals surface area (Å²) in [7, 11) is -3.43. The molecule has 2 atom stereocenters. The molecular formula is C13H18BrNO3S. The summed E-state index contributed by atoms with van der Waals surface area (Å²) >= 11 is 3.34. The van der Waals surface area contributed by atoms with E-state index in [4.69, 9.17) is 4.74 Å². The van der Waals surface area contributed by atoms with E-state index < -0.39 is 10.0 Å². The number of rotatable bonds is 4. The van der Waals surface area contributed by atoms with Crippen LogP contribution in [0.1, 0.15) is 25.3 Å². The zero-order chi connectivity index (χ0) is 13.9. The van der Waals surface area contributed by atoms with Gasteiger partial charge in [0, 0.05) is 18.0 Å². The van der Waals surface area contributed by atoms with Crippen LogP contribution in [-0.2, 0) is 20.1 Å². The SMILES string of the molecule is CC1CC(NS(=O)(=O)c2ccc(CBr)cc2)CCO1. The van der Waals surface area contributed by atoms with Crippen molar-refractivity contribution in [3.05, 3.63) is 29.8 Å². The fourth-order valence-electron chi connectivity index (χ4n) is 2.15. The van der Waals surface area contributed by atoms with Crippen molar-refractivity contribution in [1.82, 2.24) is 4.72 Å². The minimum atomic E-state index is -3.43. The van der Waals surface area contributed by atoms with E-state index in [1.165, 1.54) is 0 Å². The molecule has 1 aromatic carbocycles. The van der Waals surface area contributed by atoms with Crippen LogP contribution in [0.15, 0.2) is 29.2 Å². The molecule has 2 rings (SSSR count). The van der Waals surface area contributed by atoms with Crippen LogP contribution in [0.2, 0.25) is 0 Å². The molecule has 1 aromatic rings. The van der Waals surface area contributed by atoms with Crippen molar-refractivity contribution in [2.45, 2.75) is 42.1 Å². The van der Waals surface area contributed by atoms with Crippen LogP contribution < -0.4 is 4.72 Å². The van der Waals surface area contributed by atoms with Gasteiger partial charge in [0.2, 0.25) is 10.0 Å². The summed E-state index contributed by atoms with van der Waals surface area (Å²) in [6, 6.07) is 6.87. The second kappa shape index (κ2) is 6.35. The Balaban J connectivity index is 2.08. The van der Waals surface area contributed by atoms with Crippen LogP contribution in [0.4, 0.5) is 0 Å². The maximum atomic E-state index is 12.2. The van der Waals surface area contributed by atoms with Gasteiger partial charge in [-0.05, 0) is 37.5 Å². The second-order valence-corrected chi connectivity index (χ2v) is 7.08. The van der Waals surface area contributed by atoms with Gasteiger partial charge in [-0.1, -0.05) is 28.1 Å². The lowest BCUT2D eigenvalue weighted by atomic mass is 10.1. The van der Waals surface area contributed by atoms with Gasteiger partial charge < -0.3 is 4.74 Å². The average Bonchev–Trinajstić information content (AvgIpc) is 2.38. The number of alkyl halides is 1. The predicted octanol–water partition coefficient (Wildman–Crippen LogP) is 2.43. The van der Waals surface area contributed by atoms with E-state index in [0.29, 0.717) is 11.5 Å². The quantitative estimate of drug-likeness (QED) is 0.851. The summed E-state index contributed by atoms with van der Waals surface area (Å²) in [6.07, 6.45) is 1.55. The van der Waals surface area contributed by atoms with Crippen LogP contribution in [-0.4, -0.2) is 27.2 Å². The van der Waals surface area contributed by atoms with Gasteiger partial charge in [-0.25, -0.2) is 13.1 Å². The molecular weight excluding hydrogens is 330 g/mol. The number of ether oxygens (including phenoxy) is 1. The van der Waals surface area contributed by atoms with Crippen molar-refractivity contribution >= 4 is 26.0 Å². The summed E-state index contributed by atoms with van der Waals surface area (Å²) in [5.41, 5.74) is 1.05. The summed E-state index contributed by atoms with van der Waals surface area (Å²) in [6.45, 7) is 2.57. The highest BCUT2D eigenvalue weighted by atomic mass is 79.9. The van der Waals surface area contributed by atoms with Gasteiger partial charge in [-0.2, -0.15) is 0 Å². The molecule has 1 N–H and O–H groups in total. The molecule has 19 heavy (non-hydrogen) atoms. The van der Waals surface area contributed by atoms with Gasteiger partial charge in [-0.3, -0.25) is 0 Å². The molecule has 0 aliphatic carbocycles. The minimum absolute atomic E-state index is 0.0374. The fraction of sp³-hybridized carbons (Fsp3) is 0.538. The largest absolute Gasteiger partial charge is 0.378 e. The Morgan fingerprint density at radius 3 is 2.63 bits per heavy atom. The van der Waals surface area contributed by atoms with Gasteiger partial charge in [0.25, 0.3) is 0 Å². The Bertz CT molecular complexity index is 515. The highest BCUT2D eigenvalue weighted by Gasteiger charge is 2.24. The van der Waals surface area contributed by atoms with Crippen LogP contribution in [0.3, 0.4) is 0 Å². The standard InChI is InChI=1S/C13H18BrNO3S/c1-10-8-12(6-7-18-10)15-19(16,17)13-4-2-11(9-14)3-5-13/h2-5,10,12,15H,6-9H2,1H3. The summed E-state index contributed by atoms with van der Waals surface area (Å²) in [5.74, 6) is 0. The third kappa shape index (κ3) is 4.02. The molecule has 4 nitrogen and oxygen atoms in total. The first kappa shape index (κ1) is 15.0. The Hall–Kier alpha value is -0.430. The summed E-state index contributed by atoms with van der Waals surface area (Å²) in [4.78, 5) is 0.316. The zero-order valence-electron chi connectivity index (χ0n) is 10.8. The number of benzene rings is 1. The Morgan fingerprint density at radius 2 is 2.05 bits per heavy atom. The van der Waals surface area contributed by atoms with Gasteiger partial charge in [0.05, 0.1) is 11.0 Å². The third-order valence-electron chi connectivity index (χ3n) is 3.19. The molecule has 1 aliphatic heterocycles. The number of sulfonamides is 1. The molecule has 106 valence electrons. The smallest absolute Gasteiger partial charge is 0.240 e. The maximum Gasteiger partial charge on any atom is 0.240 e. The lowest BCUT2D eigenvalue weighted by molar-refractivity contribution is 0.0173.